The molecule has 148 valence electrons. The lowest BCUT2D eigenvalue weighted by atomic mass is 10.0. The van der Waals surface area contributed by atoms with Gasteiger partial charge in [0.1, 0.15) is 0 Å². The van der Waals surface area contributed by atoms with E-state index in [0.717, 1.165) is 36.3 Å². The highest BCUT2D eigenvalue weighted by molar-refractivity contribution is 7.13. The Morgan fingerprint density at radius 1 is 1.44 bits per heavy atom. The van der Waals surface area contributed by atoms with Gasteiger partial charge in [-0.05, 0) is 25.2 Å². The van der Waals surface area contributed by atoms with Crippen molar-refractivity contribution in [2.24, 2.45) is 5.92 Å². The summed E-state index contributed by atoms with van der Waals surface area (Å²) in [5.74, 6) is -1.79. The van der Waals surface area contributed by atoms with E-state index in [1.807, 2.05) is 11.6 Å². The van der Waals surface area contributed by atoms with Gasteiger partial charge in [0, 0.05) is 36.8 Å². The Hall–Kier alpha value is -2.14. The summed E-state index contributed by atoms with van der Waals surface area (Å²) in [5.41, 5.74) is 3.88. The molecule has 0 amide bonds. The maximum absolute atomic E-state index is 10.6. The van der Waals surface area contributed by atoms with Gasteiger partial charge in [0.2, 0.25) is 0 Å². The highest BCUT2D eigenvalue weighted by Crippen LogP contribution is 2.31. The van der Waals surface area contributed by atoms with E-state index >= 15 is 0 Å². The van der Waals surface area contributed by atoms with E-state index in [0.29, 0.717) is 0 Å². The molecule has 0 unspecified atom stereocenters. The van der Waals surface area contributed by atoms with Crippen LogP contribution in [0.2, 0.25) is 0 Å². The normalized spacial score (nSPS) is 17.0. The van der Waals surface area contributed by atoms with Crippen LogP contribution in [0.5, 0.6) is 0 Å². The Bertz CT molecular complexity index is 759. The van der Waals surface area contributed by atoms with Gasteiger partial charge in [0.15, 0.2) is 5.13 Å². The van der Waals surface area contributed by atoms with Gasteiger partial charge in [-0.2, -0.15) is 18.3 Å². The quantitative estimate of drug-likeness (QED) is 0.711. The van der Waals surface area contributed by atoms with Gasteiger partial charge in [-0.1, -0.05) is 0 Å². The van der Waals surface area contributed by atoms with Crippen LogP contribution in [-0.2, 0) is 24.3 Å². The fraction of sp³-hybridized carbons (Fsp3) is 0.562. The molecule has 0 atom stereocenters. The third kappa shape index (κ3) is 5.67. The highest BCUT2D eigenvalue weighted by Gasteiger charge is 2.38. The molecular formula is C16H20F3N5O2S. The Morgan fingerprint density at radius 2 is 2.19 bits per heavy atom. The molecule has 7 nitrogen and oxygen atoms in total. The summed E-state index contributed by atoms with van der Waals surface area (Å²) < 4.78 is 31.7. The smallest absolute Gasteiger partial charge is 0.475 e. The summed E-state index contributed by atoms with van der Waals surface area (Å²) in [4.78, 5) is 15.7. The van der Waals surface area contributed by atoms with Gasteiger partial charge in [-0.3, -0.25) is 10.00 Å². The number of carboxylic acid groups (broad SMARTS) is 1. The summed E-state index contributed by atoms with van der Waals surface area (Å²) in [6, 6.07) is 0. The third-order valence-electron chi connectivity index (χ3n) is 4.39. The molecule has 27 heavy (non-hydrogen) atoms. The lowest BCUT2D eigenvalue weighted by Gasteiger charge is -2.26. The molecule has 1 aliphatic carbocycles. The maximum Gasteiger partial charge on any atom is 0.490 e. The molecule has 1 aliphatic heterocycles. The summed E-state index contributed by atoms with van der Waals surface area (Å²) >= 11 is 1.63. The van der Waals surface area contributed by atoms with Crippen LogP contribution in [0.15, 0.2) is 11.6 Å². The van der Waals surface area contributed by atoms with Crippen LogP contribution in [0.1, 0.15) is 29.8 Å². The number of rotatable bonds is 5. The third-order valence-corrected chi connectivity index (χ3v) is 5.12. The van der Waals surface area contributed by atoms with E-state index in [-0.39, 0.29) is 0 Å². The molecule has 3 N–H and O–H groups in total. The van der Waals surface area contributed by atoms with E-state index < -0.39 is 12.1 Å². The van der Waals surface area contributed by atoms with Crippen LogP contribution in [0.3, 0.4) is 0 Å². The van der Waals surface area contributed by atoms with Gasteiger partial charge in [0.25, 0.3) is 0 Å². The molecule has 2 aliphatic rings. The summed E-state index contributed by atoms with van der Waals surface area (Å²) in [6.45, 7) is 4.25. The number of aromatic nitrogens is 3. The lowest BCUT2D eigenvalue weighted by molar-refractivity contribution is -0.192. The summed E-state index contributed by atoms with van der Waals surface area (Å²) in [7, 11) is 0. The van der Waals surface area contributed by atoms with Gasteiger partial charge in [0.05, 0.1) is 17.9 Å². The Kier molecular flexibility index (Phi) is 6.00. The van der Waals surface area contributed by atoms with E-state index in [4.69, 9.17) is 9.90 Å². The topological polar surface area (TPSA) is 94.1 Å². The Balaban J connectivity index is 0.000000260. The molecule has 2 aromatic rings. The summed E-state index contributed by atoms with van der Waals surface area (Å²) in [5, 5.41) is 21.1. The van der Waals surface area contributed by atoms with Gasteiger partial charge in [-0.25, -0.2) is 9.78 Å². The number of aliphatic carboxylic acids is 1. The molecule has 0 bridgehead atoms. The van der Waals surface area contributed by atoms with Crippen LogP contribution >= 0.6 is 11.3 Å². The minimum absolute atomic E-state index is 0.766. The molecule has 0 saturated heterocycles. The van der Waals surface area contributed by atoms with Crippen LogP contribution < -0.4 is 5.32 Å². The number of thiazole rings is 1. The number of carboxylic acids is 1. The number of halogens is 3. The molecule has 4 rings (SSSR count). The standard InChI is InChI=1S/C14H19N5S.C2HF3O2/c1-2-10(1)8-19-5-3-11-12(17-18-13(11)9-19)7-16-14-15-4-6-20-14;3-2(4,5)1(6)7/h4,6,10H,1-3,5,7-9H2,(H,15,16)(H,17,18);(H,6,7). The van der Waals surface area contributed by atoms with Crippen molar-refractivity contribution >= 4 is 22.4 Å². The van der Waals surface area contributed by atoms with Crippen molar-refractivity contribution in [3.05, 3.63) is 28.5 Å². The van der Waals surface area contributed by atoms with Crippen LogP contribution in [-0.4, -0.2) is 50.4 Å². The zero-order valence-electron chi connectivity index (χ0n) is 14.4. The number of aromatic amines is 1. The number of H-pyrrole nitrogens is 1. The molecule has 11 heteroatoms. The van der Waals surface area contributed by atoms with Crippen molar-refractivity contribution in [3.63, 3.8) is 0 Å². The number of nitrogens with one attached hydrogen (secondary N) is 2. The van der Waals surface area contributed by atoms with E-state index in [1.165, 1.54) is 37.2 Å². The van der Waals surface area contributed by atoms with Crippen LogP contribution in [0, 0.1) is 5.92 Å². The minimum atomic E-state index is -5.08. The lowest BCUT2D eigenvalue weighted by Crippen LogP contribution is -2.32. The van der Waals surface area contributed by atoms with Crippen molar-refractivity contribution in [2.75, 3.05) is 18.4 Å². The monoisotopic (exact) mass is 403 g/mol. The fourth-order valence-corrected chi connectivity index (χ4v) is 3.41. The number of fused-ring (bicyclic) bond motifs is 1. The Morgan fingerprint density at radius 3 is 2.78 bits per heavy atom. The van der Waals surface area contributed by atoms with E-state index in [9.17, 15) is 13.2 Å². The minimum Gasteiger partial charge on any atom is -0.475 e. The molecule has 3 heterocycles. The number of alkyl halides is 3. The van der Waals surface area contributed by atoms with Crippen molar-refractivity contribution in [1.29, 1.82) is 0 Å². The first-order valence-corrected chi connectivity index (χ1v) is 9.41. The Labute approximate surface area is 157 Å². The number of carbonyl (C=O) groups is 1. The average Bonchev–Trinajstić information content (AvgIpc) is 3.11. The number of hydrogen-bond acceptors (Lipinski definition) is 6. The first kappa shape index (κ1) is 19.6. The van der Waals surface area contributed by atoms with E-state index in [1.54, 1.807) is 11.3 Å². The zero-order valence-corrected chi connectivity index (χ0v) is 15.2. The van der Waals surface area contributed by atoms with Crippen molar-refractivity contribution in [1.82, 2.24) is 20.1 Å². The second-order valence-electron chi connectivity index (χ2n) is 6.55. The van der Waals surface area contributed by atoms with Crippen molar-refractivity contribution in [2.45, 2.75) is 38.5 Å². The summed E-state index contributed by atoms with van der Waals surface area (Å²) in [6.07, 6.45) is 0.709. The fourth-order valence-electron chi connectivity index (χ4n) is 2.88. The second kappa shape index (κ2) is 8.26. The van der Waals surface area contributed by atoms with Gasteiger partial charge >= 0.3 is 12.1 Å². The number of anilines is 1. The molecule has 0 radical (unpaired) electrons. The molecule has 1 saturated carbocycles. The zero-order chi connectivity index (χ0) is 19.4. The molecule has 0 spiro atoms. The van der Waals surface area contributed by atoms with E-state index in [2.05, 4.69) is 25.4 Å². The first-order valence-electron chi connectivity index (χ1n) is 8.53. The maximum atomic E-state index is 10.6. The van der Waals surface area contributed by atoms with Crippen LogP contribution in [0.25, 0.3) is 0 Å². The molecule has 1 fully saturated rings. The predicted octanol–water partition coefficient (Wildman–Crippen LogP) is 2.88. The second-order valence-corrected chi connectivity index (χ2v) is 7.44. The predicted molar refractivity (Wildman–Crippen MR) is 93.4 cm³/mol. The van der Waals surface area contributed by atoms with Gasteiger partial charge < -0.3 is 10.4 Å². The first-order chi connectivity index (χ1) is 12.8. The number of nitrogens with zero attached hydrogens (tertiary/aromatic N) is 3. The number of hydrogen-bond donors (Lipinski definition) is 3. The average molecular weight is 403 g/mol. The van der Waals surface area contributed by atoms with Crippen molar-refractivity contribution in [3.8, 4) is 0 Å². The largest absolute Gasteiger partial charge is 0.490 e. The molecular weight excluding hydrogens is 383 g/mol. The highest BCUT2D eigenvalue weighted by atomic mass is 32.1. The van der Waals surface area contributed by atoms with Gasteiger partial charge in [-0.15, -0.1) is 11.3 Å². The van der Waals surface area contributed by atoms with Crippen molar-refractivity contribution < 1.29 is 23.1 Å². The van der Waals surface area contributed by atoms with Crippen LogP contribution in [0.4, 0.5) is 18.3 Å². The SMILES string of the molecule is O=C(O)C(F)(F)F.c1csc(NCc2n[nH]c3c2CCN(CC2CC2)C3)n1. The molecule has 0 aromatic carbocycles. The molecule has 2 aromatic heterocycles.